The number of halogens is 3. The van der Waals surface area contributed by atoms with Gasteiger partial charge in [-0.1, -0.05) is 0 Å². The summed E-state index contributed by atoms with van der Waals surface area (Å²) >= 11 is 0. The fourth-order valence-electron chi connectivity index (χ4n) is 2.41. The monoisotopic (exact) mass is 410 g/mol. The largest absolute Gasteiger partial charge is 0.484 e. The molecule has 29 heavy (non-hydrogen) atoms. The molecule has 11 heteroatoms. The maximum absolute atomic E-state index is 12.7. The van der Waals surface area contributed by atoms with Gasteiger partial charge in [0.15, 0.2) is 6.61 Å². The van der Waals surface area contributed by atoms with E-state index in [1.54, 1.807) is 6.20 Å². The number of alkyl halides is 3. The summed E-state index contributed by atoms with van der Waals surface area (Å²) in [5.41, 5.74) is 0.875. The Hall–Kier alpha value is -3.34. The molecule has 0 amide bonds. The Morgan fingerprint density at radius 2 is 1.90 bits per heavy atom. The molecule has 8 nitrogen and oxygen atoms in total. The highest BCUT2D eigenvalue weighted by Crippen LogP contribution is 2.23. The Bertz CT molecular complexity index is 986. The summed E-state index contributed by atoms with van der Waals surface area (Å²) in [7, 11) is 1.51. The van der Waals surface area contributed by atoms with Crippen LogP contribution in [0.3, 0.4) is 0 Å². The van der Waals surface area contributed by atoms with Gasteiger partial charge in [0.25, 0.3) is 5.56 Å². The number of benzene rings is 1. The van der Waals surface area contributed by atoms with Crippen LogP contribution >= 0.6 is 0 Å². The lowest BCUT2D eigenvalue weighted by Gasteiger charge is -2.14. The smallest absolute Gasteiger partial charge is 0.422 e. The lowest BCUT2D eigenvalue weighted by atomic mass is 10.2. The van der Waals surface area contributed by atoms with Gasteiger partial charge in [-0.15, -0.1) is 0 Å². The first-order valence-corrected chi connectivity index (χ1v) is 8.42. The van der Waals surface area contributed by atoms with Crippen molar-refractivity contribution in [3.63, 3.8) is 0 Å². The average molecular weight is 410 g/mol. The fourth-order valence-corrected chi connectivity index (χ4v) is 2.41. The molecular formula is C18H17F3N4O4. The molecule has 0 unspecified atom stereocenters. The molecule has 0 aliphatic rings. The molecule has 154 valence electrons. The van der Waals surface area contributed by atoms with Crippen molar-refractivity contribution < 1.29 is 27.4 Å². The van der Waals surface area contributed by atoms with Crippen LogP contribution in [0, 0.1) is 0 Å². The zero-order chi connectivity index (χ0) is 20.9. The normalized spacial score (nSPS) is 11.4. The Morgan fingerprint density at radius 1 is 1.14 bits per heavy atom. The van der Waals surface area contributed by atoms with Crippen molar-refractivity contribution >= 4 is 0 Å². The number of aromatic nitrogens is 4. The van der Waals surface area contributed by atoms with Crippen molar-refractivity contribution in [2.45, 2.75) is 6.18 Å². The molecule has 3 rings (SSSR count). The van der Waals surface area contributed by atoms with Crippen molar-refractivity contribution in [2.75, 3.05) is 26.9 Å². The molecule has 0 aliphatic carbocycles. The Kier molecular flexibility index (Phi) is 6.17. The van der Waals surface area contributed by atoms with Crippen LogP contribution in [0.1, 0.15) is 0 Å². The van der Waals surface area contributed by atoms with E-state index in [1.807, 2.05) is 0 Å². The number of aromatic amines is 1. The number of methoxy groups -OCH3 is 1. The van der Waals surface area contributed by atoms with Crippen molar-refractivity contribution in [1.29, 1.82) is 0 Å². The highest BCUT2D eigenvalue weighted by molar-refractivity contribution is 5.57. The molecule has 0 radical (unpaired) electrons. The summed E-state index contributed by atoms with van der Waals surface area (Å²) in [6, 6.07) is 6.86. The topological polar surface area (TPSA) is 91.3 Å². The first kappa shape index (κ1) is 20.4. The maximum Gasteiger partial charge on any atom is 0.422 e. The van der Waals surface area contributed by atoms with Gasteiger partial charge in [-0.25, -0.2) is 4.57 Å². The molecule has 0 atom stereocenters. The maximum atomic E-state index is 12.7. The molecule has 0 saturated carbocycles. The van der Waals surface area contributed by atoms with Crippen LogP contribution < -0.4 is 15.0 Å². The molecule has 0 fully saturated rings. The molecule has 2 aromatic heterocycles. The molecule has 3 aromatic rings. The number of H-pyrrole nitrogens is 1. The zero-order valence-corrected chi connectivity index (χ0v) is 15.3. The summed E-state index contributed by atoms with van der Waals surface area (Å²) in [5.74, 6) is 0.0175. The van der Waals surface area contributed by atoms with Crippen LogP contribution in [0.4, 0.5) is 13.2 Å². The first-order valence-electron chi connectivity index (χ1n) is 8.42. The molecule has 0 bridgehead atoms. The first-order chi connectivity index (χ1) is 13.9. The number of ether oxygens (including phenoxy) is 3. The second-order valence-corrected chi connectivity index (χ2v) is 5.82. The highest BCUT2D eigenvalue weighted by Gasteiger charge is 2.28. The van der Waals surface area contributed by atoms with Crippen LogP contribution in [0.15, 0.2) is 47.5 Å². The van der Waals surface area contributed by atoms with E-state index < -0.39 is 18.3 Å². The predicted octanol–water partition coefficient (Wildman–Crippen LogP) is 2.59. The minimum absolute atomic E-state index is 0.00899. The van der Waals surface area contributed by atoms with Crippen molar-refractivity contribution in [3.8, 4) is 28.7 Å². The van der Waals surface area contributed by atoms with E-state index in [4.69, 9.17) is 9.47 Å². The van der Waals surface area contributed by atoms with E-state index in [-0.39, 0.29) is 25.0 Å². The van der Waals surface area contributed by atoms with E-state index in [0.717, 1.165) is 0 Å². The third kappa shape index (κ3) is 5.35. The molecular weight excluding hydrogens is 393 g/mol. The van der Waals surface area contributed by atoms with E-state index in [2.05, 4.69) is 19.9 Å². The number of rotatable bonds is 8. The van der Waals surface area contributed by atoms with E-state index >= 15 is 0 Å². The second kappa shape index (κ2) is 8.78. The van der Waals surface area contributed by atoms with E-state index in [9.17, 15) is 18.0 Å². The molecule has 1 aromatic carbocycles. The van der Waals surface area contributed by atoms with Crippen molar-refractivity contribution in [2.24, 2.45) is 0 Å². The van der Waals surface area contributed by atoms with Gasteiger partial charge in [0.1, 0.15) is 12.4 Å². The number of hydrogen-bond acceptors (Lipinski definition) is 6. The summed E-state index contributed by atoms with van der Waals surface area (Å²) in [6.45, 7) is -0.987. The van der Waals surface area contributed by atoms with Gasteiger partial charge in [0.05, 0.1) is 24.2 Å². The van der Waals surface area contributed by atoms with E-state index in [0.29, 0.717) is 16.9 Å². The standard InChI is InChI=1S/C18H17F3N4O4/c1-27-6-7-28-17-24-15(12-9-22-23-10-12)8-16(26)25(17)13-2-4-14(5-3-13)29-11-18(19,20)21/h2-5,8-10H,6-7,11H2,1H3,(H,22,23). The molecule has 0 aliphatic heterocycles. The SMILES string of the molecule is COCCOc1nc(-c2cn[nH]c2)cc(=O)n1-c1ccc(OCC(F)(F)F)cc1. The summed E-state index contributed by atoms with van der Waals surface area (Å²) in [4.78, 5) is 17.1. The second-order valence-electron chi connectivity index (χ2n) is 5.82. The van der Waals surface area contributed by atoms with E-state index in [1.165, 1.54) is 48.2 Å². The number of nitrogens with one attached hydrogen (secondary N) is 1. The molecule has 0 spiro atoms. The van der Waals surface area contributed by atoms with Gasteiger partial charge in [-0.2, -0.15) is 23.3 Å². The Labute approximate surface area is 162 Å². The van der Waals surface area contributed by atoms with Gasteiger partial charge < -0.3 is 14.2 Å². The number of hydrogen-bond donors (Lipinski definition) is 1. The van der Waals surface area contributed by atoms with Crippen molar-refractivity contribution in [1.82, 2.24) is 19.7 Å². The van der Waals surface area contributed by atoms with Crippen LogP contribution in [0.2, 0.25) is 0 Å². The Morgan fingerprint density at radius 3 is 2.52 bits per heavy atom. The number of nitrogens with zero attached hydrogens (tertiary/aromatic N) is 3. The summed E-state index contributed by atoms with van der Waals surface area (Å²) in [6.07, 6.45) is -1.35. The van der Waals surface area contributed by atoms with Gasteiger partial charge in [-0.05, 0) is 24.3 Å². The highest BCUT2D eigenvalue weighted by atomic mass is 19.4. The third-order valence-corrected chi connectivity index (χ3v) is 3.70. The van der Waals surface area contributed by atoms with Gasteiger partial charge >= 0.3 is 12.2 Å². The lowest BCUT2D eigenvalue weighted by molar-refractivity contribution is -0.153. The van der Waals surface area contributed by atoms with Gasteiger partial charge in [0.2, 0.25) is 0 Å². The van der Waals surface area contributed by atoms with Gasteiger partial charge in [0, 0.05) is 24.9 Å². The fraction of sp³-hybridized carbons (Fsp3) is 0.278. The Balaban J connectivity index is 1.93. The zero-order valence-electron chi connectivity index (χ0n) is 15.3. The van der Waals surface area contributed by atoms with Gasteiger partial charge in [-0.3, -0.25) is 9.89 Å². The molecule has 2 heterocycles. The van der Waals surface area contributed by atoms with Crippen molar-refractivity contribution in [3.05, 3.63) is 53.1 Å². The minimum Gasteiger partial charge on any atom is -0.484 e. The predicted molar refractivity (Wildman–Crippen MR) is 96.3 cm³/mol. The summed E-state index contributed by atoms with van der Waals surface area (Å²) < 4.78 is 53.3. The van der Waals surface area contributed by atoms with Crippen LogP contribution in [0.25, 0.3) is 16.9 Å². The summed E-state index contributed by atoms with van der Waals surface area (Å²) in [5, 5.41) is 6.47. The lowest BCUT2D eigenvalue weighted by Crippen LogP contribution is -2.23. The molecule has 1 N–H and O–H groups in total. The van der Waals surface area contributed by atoms with Crippen LogP contribution in [0.5, 0.6) is 11.8 Å². The quantitative estimate of drug-likeness (QED) is 0.574. The van der Waals surface area contributed by atoms with Crippen LogP contribution in [-0.2, 0) is 4.74 Å². The minimum atomic E-state index is -4.44. The molecule has 0 saturated heterocycles. The average Bonchev–Trinajstić information content (AvgIpc) is 3.21. The van der Waals surface area contributed by atoms with Crippen LogP contribution in [-0.4, -0.2) is 52.9 Å². The third-order valence-electron chi connectivity index (χ3n) is 3.70.